The first-order chi connectivity index (χ1) is 15.8. The zero-order valence-corrected chi connectivity index (χ0v) is 20.3. The summed E-state index contributed by atoms with van der Waals surface area (Å²) < 4.78 is 35.8. The van der Waals surface area contributed by atoms with E-state index in [1.54, 1.807) is 4.57 Å². The Hall–Kier alpha value is -2.64. The van der Waals surface area contributed by atoms with Crippen molar-refractivity contribution >= 4 is 49.1 Å². The van der Waals surface area contributed by atoms with Crippen LogP contribution in [0.4, 0.5) is 0 Å². The van der Waals surface area contributed by atoms with E-state index in [2.05, 4.69) is 10.9 Å². The molecule has 0 radical (unpaired) electrons. The van der Waals surface area contributed by atoms with Crippen LogP contribution in [0.3, 0.4) is 0 Å². The minimum absolute atomic E-state index is 0.0966. The highest BCUT2D eigenvalue weighted by Crippen LogP contribution is 2.28. The maximum atomic E-state index is 13.2. The normalized spacial score (nSPS) is 17.4. The fraction of sp³-hybridized carbons (Fsp3) is 0.304. The predicted molar refractivity (Wildman–Crippen MR) is 129 cm³/mol. The Labute approximate surface area is 201 Å². The Morgan fingerprint density at radius 1 is 1.30 bits per heavy atom. The molecule has 0 N–H and O–H groups in total. The third-order valence-electron chi connectivity index (χ3n) is 5.33. The van der Waals surface area contributed by atoms with Gasteiger partial charge in [0.25, 0.3) is 5.91 Å². The lowest BCUT2D eigenvalue weighted by molar-refractivity contribution is -0.121. The van der Waals surface area contributed by atoms with E-state index in [0.29, 0.717) is 35.0 Å². The van der Waals surface area contributed by atoms with Crippen LogP contribution >= 0.6 is 22.9 Å². The summed E-state index contributed by atoms with van der Waals surface area (Å²) in [5.41, 5.74) is 0.838. The molecule has 1 atom stereocenters. The summed E-state index contributed by atoms with van der Waals surface area (Å²) in [6.45, 7) is 2.93. The van der Waals surface area contributed by atoms with Gasteiger partial charge in [-0.2, -0.15) is 9.30 Å². The number of benzene rings is 2. The zero-order valence-electron chi connectivity index (χ0n) is 17.9. The molecule has 10 heteroatoms. The summed E-state index contributed by atoms with van der Waals surface area (Å²) in [5, 5.41) is 0.438. The molecular formula is C23H22ClN3O4S2. The molecule has 1 aromatic heterocycles. The van der Waals surface area contributed by atoms with E-state index < -0.39 is 22.0 Å². The van der Waals surface area contributed by atoms with Crippen molar-refractivity contribution in [1.29, 1.82) is 0 Å². The van der Waals surface area contributed by atoms with Crippen LogP contribution in [-0.2, 0) is 21.4 Å². The summed E-state index contributed by atoms with van der Waals surface area (Å²) in [5.74, 6) is 2.80. The number of thiazole rings is 1. The number of ether oxygens (including phenoxy) is 1. The van der Waals surface area contributed by atoms with E-state index in [1.807, 2.05) is 25.1 Å². The molecule has 2 heterocycles. The van der Waals surface area contributed by atoms with Gasteiger partial charge in [-0.15, -0.1) is 6.42 Å². The molecular weight excluding hydrogens is 482 g/mol. The van der Waals surface area contributed by atoms with Gasteiger partial charge in [-0.05, 0) is 62.2 Å². The Bertz CT molecular complexity index is 1400. The molecule has 33 heavy (non-hydrogen) atoms. The summed E-state index contributed by atoms with van der Waals surface area (Å²) in [6, 6.07) is 10.7. The number of carbonyl (C=O) groups is 1. The standard InChI is InChI=1S/C23H22ClN3O4S2/c1-3-13-26-19-12-9-17(31-4-2)15-21(19)32-23(26)25-22(28)20-6-5-14-27(20)33(29,30)18-10-7-16(24)8-11-18/h1,7-12,15,20H,4-6,13-14H2,2H3. The number of halogens is 1. The fourth-order valence-corrected chi connectivity index (χ4v) is 6.66. The number of amides is 1. The molecule has 4 rings (SSSR count). The van der Waals surface area contributed by atoms with Gasteiger partial charge in [-0.3, -0.25) is 4.79 Å². The average molecular weight is 504 g/mol. The smallest absolute Gasteiger partial charge is 0.266 e. The van der Waals surface area contributed by atoms with Crippen LogP contribution in [-0.4, -0.2) is 42.4 Å². The van der Waals surface area contributed by atoms with Crippen molar-refractivity contribution in [2.75, 3.05) is 13.2 Å². The molecule has 1 aliphatic heterocycles. The predicted octanol–water partition coefficient (Wildman–Crippen LogP) is 3.67. The highest BCUT2D eigenvalue weighted by atomic mass is 35.5. The van der Waals surface area contributed by atoms with Gasteiger partial charge in [-0.1, -0.05) is 28.9 Å². The summed E-state index contributed by atoms with van der Waals surface area (Å²) in [7, 11) is -3.86. The van der Waals surface area contributed by atoms with Gasteiger partial charge in [0.05, 0.1) is 28.3 Å². The van der Waals surface area contributed by atoms with Crippen molar-refractivity contribution in [3.05, 3.63) is 52.3 Å². The average Bonchev–Trinajstić information content (AvgIpc) is 3.40. The van der Waals surface area contributed by atoms with Gasteiger partial charge in [-0.25, -0.2) is 8.42 Å². The van der Waals surface area contributed by atoms with Crippen LogP contribution in [0.15, 0.2) is 52.4 Å². The van der Waals surface area contributed by atoms with Crippen molar-refractivity contribution in [3.8, 4) is 18.1 Å². The Balaban J connectivity index is 1.71. The van der Waals surface area contributed by atoms with Crippen molar-refractivity contribution in [2.24, 2.45) is 4.99 Å². The van der Waals surface area contributed by atoms with E-state index >= 15 is 0 Å². The second kappa shape index (κ2) is 9.69. The summed E-state index contributed by atoms with van der Waals surface area (Å²) >= 11 is 7.21. The number of terminal acetylenes is 1. The number of rotatable bonds is 6. The monoisotopic (exact) mass is 503 g/mol. The third kappa shape index (κ3) is 4.70. The van der Waals surface area contributed by atoms with Crippen LogP contribution in [0.2, 0.25) is 5.02 Å². The van der Waals surface area contributed by atoms with Crippen molar-refractivity contribution in [3.63, 3.8) is 0 Å². The second-order valence-electron chi connectivity index (χ2n) is 7.42. The van der Waals surface area contributed by atoms with Crippen LogP contribution in [0.1, 0.15) is 19.8 Å². The maximum absolute atomic E-state index is 13.2. The SMILES string of the molecule is C#CCn1c(=NC(=O)C2CCCN2S(=O)(=O)c2ccc(Cl)cc2)sc2cc(OCC)ccc21. The zero-order chi connectivity index (χ0) is 23.6. The Morgan fingerprint density at radius 3 is 2.76 bits per heavy atom. The van der Waals surface area contributed by atoms with E-state index in [1.165, 1.54) is 39.9 Å². The molecule has 1 aliphatic rings. The quantitative estimate of drug-likeness (QED) is 0.481. The molecule has 1 amide bonds. The van der Waals surface area contributed by atoms with Gasteiger partial charge in [0, 0.05) is 11.6 Å². The first kappa shape index (κ1) is 23.5. The second-order valence-corrected chi connectivity index (χ2v) is 10.8. The molecule has 1 fully saturated rings. The summed E-state index contributed by atoms with van der Waals surface area (Å²) in [4.78, 5) is 18.0. The molecule has 0 saturated carbocycles. The first-order valence-corrected chi connectivity index (χ1v) is 13.0. The van der Waals surface area contributed by atoms with Gasteiger partial charge < -0.3 is 9.30 Å². The van der Waals surface area contributed by atoms with Crippen LogP contribution < -0.4 is 9.54 Å². The minimum atomic E-state index is -3.86. The maximum Gasteiger partial charge on any atom is 0.266 e. The van der Waals surface area contributed by atoms with Gasteiger partial charge in [0.15, 0.2) is 4.80 Å². The lowest BCUT2D eigenvalue weighted by atomic mass is 10.2. The number of aromatic nitrogens is 1. The molecule has 3 aromatic rings. The lowest BCUT2D eigenvalue weighted by Crippen LogP contribution is -2.40. The van der Waals surface area contributed by atoms with Crippen LogP contribution in [0.5, 0.6) is 5.75 Å². The van der Waals surface area contributed by atoms with Crippen molar-refractivity contribution in [2.45, 2.75) is 37.2 Å². The molecule has 0 aliphatic carbocycles. The van der Waals surface area contributed by atoms with E-state index in [9.17, 15) is 13.2 Å². The first-order valence-electron chi connectivity index (χ1n) is 10.4. The van der Waals surface area contributed by atoms with E-state index in [-0.39, 0.29) is 18.0 Å². The highest BCUT2D eigenvalue weighted by molar-refractivity contribution is 7.89. The largest absolute Gasteiger partial charge is 0.494 e. The Morgan fingerprint density at radius 2 is 2.06 bits per heavy atom. The number of fused-ring (bicyclic) bond motifs is 1. The number of hydrogen-bond donors (Lipinski definition) is 0. The number of sulfonamides is 1. The number of hydrogen-bond acceptors (Lipinski definition) is 5. The lowest BCUT2D eigenvalue weighted by Gasteiger charge is -2.21. The molecule has 2 aromatic carbocycles. The fourth-order valence-electron chi connectivity index (χ4n) is 3.82. The number of nitrogens with zero attached hydrogens (tertiary/aromatic N) is 3. The highest BCUT2D eigenvalue weighted by Gasteiger charge is 2.39. The minimum Gasteiger partial charge on any atom is -0.494 e. The Kier molecular flexibility index (Phi) is 6.91. The molecule has 7 nitrogen and oxygen atoms in total. The summed E-state index contributed by atoms with van der Waals surface area (Å²) in [6.07, 6.45) is 6.53. The topological polar surface area (TPSA) is 81.0 Å². The molecule has 172 valence electrons. The van der Waals surface area contributed by atoms with Gasteiger partial charge in [0.2, 0.25) is 10.0 Å². The molecule has 1 saturated heterocycles. The van der Waals surface area contributed by atoms with Gasteiger partial charge in [0.1, 0.15) is 11.8 Å². The van der Waals surface area contributed by atoms with E-state index in [4.69, 9.17) is 22.8 Å². The molecule has 0 spiro atoms. The van der Waals surface area contributed by atoms with Gasteiger partial charge >= 0.3 is 0 Å². The van der Waals surface area contributed by atoms with Crippen LogP contribution in [0, 0.1) is 12.3 Å². The van der Waals surface area contributed by atoms with E-state index in [0.717, 1.165) is 10.2 Å². The molecule has 1 unspecified atom stereocenters. The van der Waals surface area contributed by atoms with Crippen LogP contribution in [0.25, 0.3) is 10.2 Å². The number of carbonyl (C=O) groups excluding carboxylic acids is 1. The molecule has 0 bridgehead atoms. The van der Waals surface area contributed by atoms with Crippen molar-refractivity contribution < 1.29 is 17.9 Å². The van der Waals surface area contributed by atoms with Crippen molar-refractivity contribution in [1.82, 2.24) is 8.87 Å². The third-order valence-corrected chi connectivity index (χ3v) is 8.54.